The Morgan fingerprint density at radius 1 is 1.46 bits per heavy atom. The molecule has 0 radical (unpaired) electrons. The van der Waals surface area contributed by atoms with E-state index >= 15 is 0 Å². The van der Waals surface area contributed by atoms with Gasteiger partial charge in [-0.25, -0.2) is 0 Å². The van der Waals surface area contributed by atoms with E-state index in [4.69, 9.17) is 0 Å². The van der Waals surface area contributed by atoms with Crippen LogP contribution in [0.1, 0.15) is 34.8 Å². The second-order valence-electron chi connectivity index (χ2n) is 3.30. The molecule has 13 heavy (non-hydrogen) atoms. The van der Waals surface area contributed by atoms with Crippen LogP contribution >= 0.6 is 0 Å². The number of rotatable bonds is 2. The molecule has 0 saturated carbocycles. The van der Waals surface area contributed by atoms with E-state index in [0.717, 1.165) is 12.0 Å². The smallest absolute Gasteiger partial charge is 0.162 e. The first-order chi connectivity index (χ1) is 6.31. The minimum atomic E-state index is 0.225. The summed E-state index contributed by atoms with van der Waals surface area (Å²) in [6.07, 6.45) is 5.81. The molecule has 0 unspecified atom stereocenters. The lowest BCUT2D eigenvalue weighted by atomic mass is 10.0. The summed E-state index contributed by atoms with van der Waals surface area (Å²) in [5, 5.41) is 0. The Balaban J connectivity index is 2.40. The fourth-order valence-corrected chi connectivity index (χ4v) is 1.63. The third-order valence-corrected chi connectivity index (χ3v) is 2.42. The molecule has 0 bridgehead atoms. The van der Waals surface area contributed by atoms with Gasteiger partial charge in [-0.05, 0) is 23.6 Å². The molecule has 2 rings (SSSR count). The normalized spacial score (nSPS) is 13.0. The summed E-state index contributed by atoms with van der Waals surface area (Å²) >= 11 is 0. The number of carbonyl (C=O) groups excluding carboxylic acids is 1. The summed E-state index contributed by atoms with van der Waals surface area (Å²) in [7, 11) is 0. The molecule has 0 amide bonds. The maximum atomic E-state index is 11.4. The molecular weight excluding hydrogens is 160 g/mol. The number of Topliss-reactive ketones (excluding diaryl/α,β-unsaturated/α-hetero) is 1. The van der Waals surface area contributed by atoms with Gasteiger partial charge in [-0.1, -0.05) is 31.2 Å². The second-order valence-corrected chi connectivity index (χ2v) is 3.30. The molecule has 0 atom stereocenters. The molecule has 0 N–H and O–H groups in total. The molecule has 1 aromatic rings. The van der Waals surface area contributed by atoms with Crippen molar-refractivity contribution in [3.05, 3.63) is 41.0 Å². The van der Waals surface area contributed by atoms with Crippen molar-refractivity contribution >= 4 is 11.9 Å². The van der Waals surface area contributed by atoms with Gasteiger partial charge in [-0.2, -0.15) is 0 Å². The molecule has 1 aliphatic rings. The summed E-state index contributed by atoms with van der Waals surface area (Å²) in [4.78, 5) is 11.4. The van der Waals surface area contributed by atoms with Crippen LogP contribution < -0.4 is 0 Å². The van der Waals surface area contributed by atoms with E-state index in [1.54, 1.807) is 0 Å². The van der Waals surface area contributed by atoms with Crippen molar-refractivity contribution in [2.24, 2.45) is 0 Å². The van der Waals surface area contributed by atoms with Gasteiger partial charge in [0, 0.05) is 12.0 Å². The zero-order chi connectivity index (χ0) is 9.26. The lowest BCUT2D eigenvalue weighted by Gasteiger charge is -2.01. The number of fused-ring (bicyclic) bond motifs is 1. The van der Waals surface area contributed by atoms with Gasteiger partial charge in [-0.3, -0.25) is 4.79 Å². The Kier molecular flexibility index (Phi) is 2.01. The van der Waals surface area contributed by atoms with Gasteiger partial charge >= 0.3 is 0 Å². The molecule has 1 nitrogen and oxygen atoms in total. The molecule has 66 valence electrons. The highest BCUT2D eigenvalue weighted by Crippen LogP contribution is 2.21. The van der Waals surface area contributed by atoms with Crippen LogP contribution in [-0.2, 0) is 6.42 Å². The van der Waals surface area contributed by atoms with E-state index in [0.29, 0.717) is 6.42 Å². The number of ketones is 1. The van der Waals surface area contributed by atoms with Crippen molar-refractivity contribution in [1.29, 1.82) is 0 Å². The van der Waals surface area contributed by atoms with E-state index in [9.17, 15) is 4.79 Å². The zero-order valence-electron chi connectivity index (χ0n) is 7.71. The van der Waals surface area contributed by atoms with Gasteiger partial charge < -0.3 is 0 Å². The second kappa shape index (κ2) is 3.17. The summed E-state index contributed by atoms with van der Waals surface area (Å²) in [5.41, 5.74) is 3.37. The van der Waals surface area contributed by atoms with Gasteiger partial charge in [0.05, 0.1) is 0 Å². The van der Waals surface area contributed by atoms with Crippen LogP contribution in [0.2, 0.25) is 0 Å². The van der Waals surface area contributed by atoms with Crippen LogP contribution in [0.5, 0.6) is 0 Å². The highest BCUT2D eigenvalue weighted by Gasteiger charge is 2.08. The maximum Gasteiger partial charge on any atom is 0.162 e. The monoisotopic (exact) mass is 172 g/mol. The fraction of sp³-hybridized carbons (Fsp3) is 0.250. The molecule has 0 aliphatic heterocycles. The van der Waals surface area contributed by atoms with E-state index in [-0.39, 0.29) is 5.78 Å². The molecule has 1 heteroatoms. The minimum absolute atomic E-state index is 0.225. The quantitative estimate of drug-likeness (QED) is 0.627. The molecule has 0 heterocycles. The van der Waals surface area contributed by atoms with Crippen LogP contribution in [0.25, 0.3) is 6.08 Å². The third-order valence-electron chi connectivity index (χ3n) is 2.42. The predicted octanol–water partition coefficient (Wildman–Crippen LogP) is 2.85. The molecule has 0 spiro atoms. The predicted molar refractivity (Wildman–Crippen MR) is 53.8 cm³/mol. The number of allylic oxidation sites excluding steroid dienone is 1. The van der Waals surface area contributed by atoms with Crippen molar-refractivity contribution in [2.45, 2.75) is 19.8 Å². The molecule has 0 fully saturated rings. The summed E-state index contributed by atoms with van der Waals surface area (Å²) in [6, 6.07) is 5.97. The van der Waals surface area contributed by atoms with Crippen molar-refractivity contribution in [3.63, 3.8) is 0 Å². The van der Waals surface area contributed by atoms with Crippen molar-refractivity contribution < 1.29 is 4.79 Å². The van der Waals surface area contributed by atoms with Gasteiger partial charge in [0.1, 0.15) is 0 Å². The lowest BCUT2D eigenvalue weighted by Crippen LogP contribution is -1.97. The summed E-state index contributed by atoms with van der Waals surface area (Å²) < 4.78 is 0. The van der Waals surface area contributed by atoms with Gasteiger partial charge in [0.15, 0.2) is 5.78 Å². The summed E-state index contributed by atoms with van der Waals surface area (Å²) in [5.74, 6) is 0.225. The van der Waals surface area contributed by atoms with E-state index in [2.05, 4.69) is 18.2 Å². The van der Waals surface area contributed by atoms with Gasteiger partial charge in [0.25, 0.3) is 0 Å². The number of benzene rings is 1. The Bertz CT molecular complexity index is 375. The van der Waals surface area contributed by atoms with Crippen molar-refractivity contribution in [1.82, 2.24) is 0 Å². The molecule has 1 aromatic carbocycles. The average Bonchev–Trinajstić information content (AvgIpc) is 2.63. The number of carbonyl (C=O) groups is 1. The van der Waals surface area contributed by atoms with Crippen molar-refractivity contribution in [3.8, 4) is 0 Å². The average molecular weight is 172 g/mol. The van der Waals surface area contributed by atoms with E-state index in [1.807, 2.05) is 19.1 Å². The SMILES string of the molecule is CCC(=O)c1ccc2c(c1)C=CC2. The van der Waals surface area contributed by atoms with Crippen LogP contribution in [-0.4, -0.2) is 5.78 Å². The van der Waals surface area contributed by atoms with Gasteiger partial charge in [0.2, 0.25) is 0 Å². The van der Waals surface area contributed by atoms with Crippen LogP contribution in [0.3, 0.4) is 0 Å². The first kappa shape index (κ1) is 8.24. The first-order valence-corrected chi connectivity index (χ1v) is 4.64. The van der Waals surface area contributed by atoms with Crippen LogP contribution in [0, 0.1) is 0 Å². The van der Waals surface area contributed by atoms with Gasteiger partial charge in [-0.15, -0.1) is 0 Å². The largest absolute Gasteiger partial charge is 0.294 e. The standard InChI is InChI=1S/C12H12O/c1-2-12(13)11-7-6-9-4-3-5-10(9)8-11/h3,5-8H,2,4H2,1H3. The molecular formula is C12H12O. The lowest BCUT2D eigenvalue weighted by molar-refractivity contribution is 0.0988. The highest BCUT2D eigenvalue weighted by atomic mass is 16.1. The Morgan fingerprint density at radius 2 is 2.31 bits per heavy atom. The number of hydrogen-bond donors (Lipinski definition) is 0. The fourth-order valence-electron chi connectivity index (χ4n) is 1.63. The molecule has 0 saturated heterocycles. The molecule has 0 aromatic heterocycles. The highest BCUT2D eigenvalue weighted by molar-refractivity contribution is 5.96. The Labute approximate surface area is 78.1 Å². The maximum absolute atomic E-state index is 11.4. The molecule has 1 aliphatic carbocycles. The Hall–Kier alpha value is -1.37. The van der Waals surface area contributed by atoms with Crippen molar-refractivity contribution in [2.75, 3.05) is 0 Å². The third kappa shape index (κ3) is 1.42. The topological polar surface area (TPSA) is 17.1 Å². The van der Waals surface area contributed by atoms with Crippen LogP contribution in [0.4, 0.5) is 0 Å². The number of hydrogen-bond acceptors (Lipinski definition) is 1. The zero-order valence-corrected chi connectivity index (χ0v) is 7.71. The van der Waals surface area contributed by atoms with E-state index in [1.165, 1.54) is 11.1 Å². The van der Waals surface area contributed by atoms with E-state index < -0.39 is 0 Å². The summed E-state index contributed by atoms with van der Waals surface area (Å²) in [6.45, 7) is 1.89. The first-order valence-electron chi connectivity index (χ1n) is 4.64. The minimum Gasteiger partial charge on any atom is -0.294 e. The Morgan fingerprint density at radius 3 is 3.08 bits per heavy atom. The van der Waals surface area contributed by atoms with Crippen LogP contribution in [0.15, 0.2) is 24.3 Å².